The molecule has 0 aliphatic rings. The maximum atomic E-state index is 12.5. The number of nitrogens with two attached hydrogens (primary N) is 1. The zero-order valence-electron chi connectivity index (χ0n) is 15.8. The van der Waals surface area contributed by atoms with Crippen molar-refractivity contribution >= 4 is 23.7 Å². The van der Waals surface area contributed by atoms with Crippen LogP contribution in [0.15, 0.2) is 0 Å². The summed E-state index contributed by atoms with van der Waals surface area (Å²) in [5.41, 5.74) is 5.49. The minimum absolute atomic E-state index is 0.0602. The van der Waals surface area contributed by atoms with Crippen molar-refractivity contribution in [2.24, 2.45) is 11.7 Å². The molecule has 0 heterocycles. The van der Waals surface area contributed by atoms with Crippen molar-refractivity contribution in [1.29, 1.82) is 0 Å². The lowest BCUT2D eigenvalue weighted by atomic mass is 10.0. The summed E-state index contributed by atoms with van der Waals surface area (Å²) in [6.07, 6.45) is -0.979. The van der Waals surface area contributed by atoms with Gasteiger partial charge in [0.1, 0.15) is 18.1 Å². The first kappa shape index (κ1) is 23.8. The number of carboxylic acid groups (broad SMARTS) is 1. The molecule has 150 valence electrons. The van der Waals surface area contributed by atoms with Gasteiger partial charge in [0.05, 0.1) is 12.1 Å². The van der Waals surface area contributed by atoms with Gasteiger partial charge in [0.2, 0.25) is 17.7 Å². The predicted molar refractivity (Wildman–Crippen MR) is 93.9 cm³/mol. The van der Waals surface area contributed by atoms with Gasteiger partial charge in [0.15, 0.2) is 0 Å². The monoisotopic (exact) mass is 374 g/mol. The molecule has 0 aromatic carbocycles. The quantitative estimate of drug-likeness (QED) is 0.265. The van der Waals surface area contributed by atoms with E-state index < -0.39 is 54.0 Å². The molecule has 0 saturated carbocycles. The molecule has 0 aromatic heterocycles. The van der Waals surface area contributed by atoms with Gasteiger partial charge in [-0.3, -0.25) is 19.2 Å². The van der Waals surface area contributed by atoms with Crippen molar-refractivity contribution in [2.45, 2.75) is 71.3 Å². The van der Waals surface area contributed by atoms with Crippen molar-refractivity contribution < 1.29 is 29.4 Å². The lowest BCUT2D eigenvalue weighted by Crippen LogP contribution is -2.59. The van der Waals surface area contributed by atoms with E-state index in [9.17, 15) is 24.3 Å². The number of carbonyl (C=O) groups is 4. The number of hydrogen-bond acceptors (Lipinski definition) is 6. The van der Waals surface area contributed by atoms with Crippen LogP contribution in [0.25, 0.3) is 0 Å². The predicted octanol–water partition coefficient (Wildman–Crippen LogP) is -1.68. The van der Waals surface area contributed by atoms with Gasteiger partial charge in [0.25, 0.3) is 0 Å². The van der Waals surface area contributed by atoms with E-state index >= 15 is 0 Å². The molecule has 0 fully saturated rings. The Hall–Kier alpha value is -2.20. The Morgan fingerprint density at radius 3 is 1.81 bits per heavy atom. The molecule has 10 nitrogen and oxygen atoms in total. The van der Waals surface area contributed by atoms with Crippen molar-refractivity contribution in [1.82, 2.24) is 16.0 Å². The highest BCUT2D eigenvalue weighted by Crippen LogP contribution is 2.07. The first-order valence-electron chi connectivity index (χ1n) is 8.44. The molecular weight excluding hydrogens is 344 g/mol. The Labute approximate surface area is 152 Å². The van der Waals surface area contributed by atoms with Gasteiger partial charge < -0.3 is 31.9 Å². The standard InChI is InChI=1S/C16H30N4O6/c1-7(2)6-11(19-13(22)8(3)17)14(23)20-12(10(5)21)15(24)18-9(4)16(25)26/h7-12,21H,6,17H2,1-5H3,(H,18,24)(H,19,22)(H,20,23)(H,25,26). The molecule has 0 aliphatic heterocycles. The molecule has 10 heteroatoms. The fourth-order valence-corrected chi connectivity index (χ4v) is 2.03. The molecule has 0 bridgehead atoms. The largest absolute Gasteiger partial charge is 0.480 e. The van der Waals surface area contributed by atoms with Crippen LogP contribution < -0.4 is 21.7 Å². The van der Waals surface area contributed by atoms with Crippen LogP contribution in [0.1, 0.15) is 41.0 Å². The van der Waals surface area contributed by atoms with Crippen molar-refractivity contribution in [3.63, 3.8) is 0 Å². The third kappa shape index (κ3) is 8.26. The topological polar surface area (TPSA) is 171 Å². The van der Waals surface area contributed by atoms with Crippen molar-refractivity contribution in [3.8, 4) is 0 Å². The van der Waals surface area contributed by atoms with Crippen LogP contribution in [0.3, 0.4) is 0 Å². The van der Waals surface area contributed by atoms with Gasteiger partial charge in [0, 0.05) is 0 Å². The van der Waals surface area contributed by atoms with E-state index in [1.54, 1.807) is 0 Å². The molecule has 0 rings (SSSR count). The summed E-state index contributed by atoms with van der Waals surface area (Å²) < 4.78 is 0. The minimum atomic E-state index is -1.37. The third-order valence-electron chi connectivity index (χ3n) is 3.55. The molecule has 0 spiro atoms. The van der Waals surface area contributed by atoms with E-state index in [2.05, 4.69) is 16.0 Å². The van der Waals surface area contributed by atoms with Crippen molar-refractivity contribution in [2.75, 3.05) is 0 Å². The van der Waals surface area contributed by atoms with E-state index in [-0.39, 0.29) is 5.92 Å². The van der Waals surface area contributed by atoms with Crippen LogP contribution >= 0.6 is 0 Å². The van der Waals surface area contributed by atoms with Crippen LogP contribution in [-0.2, 0) is 19.2 Å². The molecule has 5 atom stereocenters. The molecule has 0 aromatic rings. The van der Waals surface area contributed by atoms with Gasteiger partial charge in [-0.2, -0.15) is 0 Å². The highest BCUT2D eigenvalue weighted by atomic mass is 16.4. The third-order valence-corrected chi connectivity index (χ3v) is 3.55. The maximum Gasteiger partial charge on any atom is 0.325 e. The Morgan fingerprint density at radius 1 is 0.885 bits per heavy atom. The molecule has 0 radical (unpaired) electrons. The number of carboxylic acids is 1. The molecule has 5 unspecified atom stereocenters. The fourth-order valence-electron chi connectivity index (χ4n) is 2.03. The van der Waals surface area contributed by atoms with E-state index in [1.165, 1.54) is 20.8 Å². The number of hydrogen-bond donors (Lipinski definition) is 6. The zero-order chi connectivity index (χ0) is 20.6. The number of nitrogens with one attached hydrogen (secondary N) is 3. The van der Waals surface area contributed by atoms with Crippen LogP contribution in [0.2, 0.25) is 0 Å². The number of amides is 3. The lowest BCUT2D eigenvalue weighted by molar-refractivity contribution is -0.142. The lowest BCUT2D eigenvalue weighted by Gasteiger charge is -2.26. The summed E-state index contributed by atoms with van der Waals surface area (Å²) in [5.74, 6) is -3.23. The van der Waals surface area contributed by atoms with E-state index in [4.69, 9.17) is 10.8 Å². The van der Waals surface area contributed by atoms with Crippen LogP contribution in [-0.4, -0.2) is 64.2 Å². The normalized spacial score (nSPS) is 16.8. The highest BCUT2D eigenvalue weighted by Gasteiger charge is 2.31. The number of aliphatic carboxylic acids is 1. The highest BCUT2D eigenvalue weighted by molar-refractivity contribution is 5.94. The van der Waals surface area contributed by atoms with Gasteiger partial charge in [-0.1, -0.05) is 13.8 Å². The van der Waals surface area contributed by atoms with Crippen LogP contribution in [0.4, 0.5) is 0 Å². The Morgan fingerprint density at radius 2 is 1.42 bits per heavy atom. The average molecular weight is 374 g/mol. The summed E-state index contributed by atoms with van der Waals surface area (Å²) in [4.78, 5) is 47.3. The number of rotatable bonds is 10. The van der Waals surface area contributed by atoms with Gasteiger partial charge in [-0.25, -0.2) is 0 Å². The summed E-state index contributed by atoms with van der Waals surface area (Å²) in [6.45, 7) is 7.72. The Bertz CT molecular complexity index is 521. The minimum Gasteiger partial charge on any atom is -0.480 e. The van der Waals surface area contributed by atoms with Crippen molar-refractivity contribution in [3.05, 3.63) is 0 Å². The van der Waals surface area contributed by atoms with Gasteiger partial charge in [-0.15, -0.1) is 0 Å². The Balaban J connectivity index is 5.19. The van der Waals surface area contributed by atoms with Crippen LogP contribution in [0.5, 0.6) is 0 Å². The zero-order valence-corrected chi connectivity index (χ0v) is 15.8. The first-order valence-corrected chi connectivity index (χ1v) is 8.44. The number of aliphatic hydroxyl groups excluding tert-OH is 1. The smallest absolute Gasteiger partial charge is 0.325 e. The van der Waals surface area contributed by atoms with E-state index in [0.717, 1.165) is 0 Å². The molecule has 0 saturated heterocycles. The molecule has 26 heavy (non-hydrogen) atoms. The molecule has 3 amide bonds. The molecule has 0 aliphatic carbocycles. The average Bonchev–Trinajstić information content (AvgIpc) is 2.50. The second-order valence-electron chi connectivity index (χ2n) is 6.77. The summed E-state index contributed by atoms with van der Waals surface area (Å²) in [5, 5.41) is 25.7. The van der Waals surface area contributed by atoms with Crippen LogP contribution in [0, 0.1) is 5.92 Å². The van der Waals surface area contributed by atoms with Gasteiger partial charge >= 0.3 is 5.97 Å². The molecule has 7 N–H and O–H groups in total. The number of aliphatic hydroxyl groups is 1. The number of carbonyl (C=O) groups excluding carboxylic acids is 3. The van der Waals surface area contributed by atoms with E-state index in [1.807, 2.05) is 13.8 Å². The fraction of sp³-hybridized carbons (Fsp3) is 0.750. The Kier molecular flexibility index (Phi) is 9.81. The molecular formula is C16H30N4O6. The summed E-state index contributed by atoms with van der Waals surface area (Å²) >= 11 is 0. The van der Waals surface area contributed by atoms with Gasteiger partial charge in [-0.05, 0) is 33.1 Å². The SMILES string of the molecule is CC(C)CC(NC(=O)C(C)N)C(=O)NC(C(=O)NC(C)C(=O)O)C(C)O. The summed E-state index contributed by atoms with van der Waals surface area (Å²) in [6, 6.07) is -4.32. The van der Waals surface area contributed by atoms with E-state index in [0.29, 0.717) is 6.42 Å². The maximum absolute atomic E-state index is 12.5. The second kappa shape index (κ2) is 10.7. The summed E-state index contributed by atoms with van der Waals surface area (Å²) in [7, 11) is 0. The second-order valence-corrected chi connectivity index (χ2v) is 6.77. The first-order chi connectivity index (χ1) is 11.9.